The van der Waals surface area contributed by atoms with Crippen molar-refractivity contribution in [3.05, 3.63) is 16.1 Å². The number of nitrogens with zero attached hydrogens (tertiary/aromatic N) is 2. The summed E-state index contributed by atoms with van der Waals surface area (Å²) in [6.45, 7) is 9.82. The van der Waals surface area contributed by atoms with Gasteiger partial charge in [0.05, 0.1) is 11.2 Å². The molecule has 1 N–H and O–H groups in total. The molecule has 1 aromatic heterocycles. The molecular weight excluding hydrogens is 317 g/mol. The first-order valence-corrected chi connectivity index (χ1v) is 7.32. The van der Waals surface area contributed by atoms with Crippen molar-refractivity contribution in [2.24, 2.45) is 0 Å². The maximum absolute atomic E-state index is 12.5. The highest BCUT2D eigenvalue weighted by atomic mass is 35.5. The average molecular weight is 340 g/mol. The Morgan fingerprint density at radius 3 is 2.65 bits per heavy atom. The third-order valence-electron chi connectivity index (χ3n) is 3.10. The number of amides is 1. The molecule has 0 unspecified atom stereocenters. The summed E-state index contributed by atoms with van der Waals surface area (Å²) < 4.78 is 0. The van der Waals surface area contributed by atoms with E-state index in [9.17, 15) is 4.79 Å². The van der Waals surface area contributed by atoms with Gasteiger partial charge in [0, 0.05) is 25.0 Å². The molecule has 1 amide bonds. The van der Waals surface area contributed by atoms with E-state index in [0.717, 1.165) is 43.2 Å². The fourth-order valence-corrected chi connectivity index (χ4v) is 3.09. The molecule has 116 valence electrons. The van der Waals surface area contributed by atoms with Crippen molar-refractivity contribution in [2.45, 2.75) is 32.6 Å². The molecule has 1 fully saturated rings. The molecule has 1 aliphatic rings. The highest BCUT2D eigenvalue weighted by molar-refractivity contribution is 7.11. The lowest BCUT2D eigenvalue weighted by Crippen LogP contribution is -2.35. The lowest BCUT2D eigenvalue weighted by atomic mass is 9.91. The monoisotopic (exact) mass is 339 g/mol. The Bertz CT molecular complexity index is 423. The molecular formula is C13H23Cl2N3OS. The van der Waals surface area contributed by atoms with E-state index in [-0.39, 0.29) is 36.1 Å². The molecule has 0 aliphatic carbocycles. The Morgan fingerprint density at radius 1 is 1.30 bits per heavy atom. The summed E-state index contributed by atoms with van der Waals surface area (Å²) in [4.78, 5) is 19.7. The Hall–Kier alpha value is -0.360. The van der Waals surface area contributed by atoms with E-state index in [4.69, 9.17) is 0 Å². The molecule has 1 aromatic rings. The molecule has 7 heteroatoms. The minimum Gasteiger partial charge on any atom is -0.337 e. The van der Waals surface area contributed by atoms with Gasteiger partial charge in [-0.2, -0.15) is 0 Å². The van der Waals surface area contributed by atoms with E-state index in [2.05, 4.69) is 31.1 Å². The summed E-state index contributed by atoms with van der Waals surface area (Å²) in [5.41, 5.74) is 2.63. The van der Waals surface area contributed by atoms with Gasteiger partial charge in [-0.05, 0) is 13.0 Å². The highest BCUT2D eigenvalue weighted by Gasteiger charge is 2.27. The lowest BCUT2D eigenvalue weighted by Gasteiger charge is -2.22. The van der Waals surface area contributed by atoms with Crippen LogP contribution in [0.5, 0.6) is 0 Å². The van der Waals surface area contributed by atoms with E-state index in [1.54, 1.807) is 5.51 Å². The van der Waals surface area contributed by atoms with E-state index < -0.39 is 0 Å². The summed E-state index contributed by atoms with van der Waals surface area (Å²) in [5, 5.41) is 3.32. The lowest BCUT2D eigenvalue weighted by molar-refractivity contribution is 0.0768. The van der Waals surface area contributed by atoms with Crippen molar-refractivity contribution in [3.8, 4) is 0 Å². The number of halogens is 2. The van der Waals surface area contributed by atoms with Crippen LogP contribution in [-0.4, -0.2) is 42.0 Å². The van der Waals surface area contributed by atoms with Crippen LogP contribution in [0.3, 0.4) is 0 Å². The van der Waals surface area contributed by atoms with Crippen molar-refractivity contribution in [1.29, 1.82) is 0 Å². The maximum Gasteiger partial charge on any atom is 0.265 e. The minimum atomic E-state index is -0.0743. The number of rotatable bonds is 1. The minimum absolute atomic E-state index is 0. The van der Waals surface area contributed by atoms with E-state index >= 15 is 0 Å². The SMILES string of the molecule is CC(C)(C)c1ncsc1C(=O)N1CCCNCC1.Cl.Cl. The third-order valence-corrected chi connectivity index (χ3v) is 3.91. The van der Waals surface area contributed by atoms with Gasteiger partial charge in [-0.15, -0.1) is 36.2 Å². The Balaban J connectivity index is 0.00000180. The zero-order valence-electron chi connectivity index (χ0n) is 12.1. The fraction of sp³-hybridized carbons (Fsp3) is 0.692. The van der Waals surface area contributed by atoms with Crippen LogP contribution in [0.15, 0.2) is 5.51 Å². The van der Waals surface area contributed by atoms with Gasteiger partial charge in [-0.3, -0.25) is 4.79 Å². The zero-order valence-corrected chi connectivity index (χ0v) is 14.6. The van der Waals surface area contributed by atoms with Gasteiger partial charge < -0.3 is 10.2 Å². The van der Waals surface area contributed by atoms with Crippen LogP contribution < -0.4 is 5.32 Å². The largest absolute Gasteiger partial charge is 0.337 e. The molecule has 0 saturated carbocycles. The van der Waals surface area contributed by atoms with Gasteiger partial charge in [0.1, 0.15) is 4.88 Å². The van der Waals surface area contributed by atoms with Gasteiger partial charge in [0.15, 0.2) is 0 Å². The quantitative estimate of drug-likeness (QED) is 0.855. The first-order chi connectivity index (χ1) is 8.50. The molecule has 0 aromatic carbocycles. The molecule has 0 bridgehead atoms. The Kier molecular flexibility index (Phi) is 8.03. The number of thiazole rings is 1. The van der Waals surface area contributed by atoms with Gasteiger partial charge in [0.25, 0.3) is 5.91 Å². The molecule has 20 heavy (non-hydrogen) atoms. The molecule has 0 radical (unpaired) electrons. The molecule has 0 spiro atoms. The number of nitrogens with one attached hydrogen (secondary N) is 1. The van der Waals surface area contributed by atoms with Crippen LogP contribution in [0.4, 0.5) is 0 Å². The molecule has 4 nitrogen and oxygen atoms in total. The number of carbonyl (C=O) groups is 1. The summed E-state index contributed by atoms with van der Waals surface area (Å²) in [6, 6.07) is 0. The van der Waals surface area contributed by atoms with E-state index in [1.807, 2.05) is 4.90 Å². The van der Waals surface area contributed by atoms with E-state index in [1.165, 1.54) is 11.3 Å². The molecule has 1 saturated heterocycles. The highest BCUT2D eigenvalue weighted by Crippen LogP contribution is 2.28. The molecule has 0 atom stereocenters. The van der Waals surface area contributed by atoms with Crippen molar-refractivity contribution in [1.82, 2.24) is 15.2 Å². The maximum atomic E-state index is 12.5. The van der Waals surface area contributed by atoms with Gasteiger partial charge in [0.2, 0.25) is 0 Å². The van der Waals surface area contributed by atoms with Crippen LogP contribution in [-0.2, 0) is 5.41 Å². The average Bonchev–Trinajstić information content (AvgIpc) is 2.64. The van der Waals surface area contributed by atoms with Crippen LogP contribution in [0, 0.1) is 0 Å². The number of aromatic nitrogens is 1. The first kappa shape index (κ1) is 19.6. The van der Waals surface area contributed by atoms with Crippen LogP contribution in [0.25, 0.3) is 0 Å². The smallest absolute Gasteiger partial charge is 0.265 e. The molecule has 2 rings (SSSR count). The second-order valence-electron chi connectivity index (χ2n) is 5.68. The van der Waals surface area contributed by atoms with Crippen molar-refractivity contribution >= 4 is 42.1 Å². The van der Waals surface area contributed by atoms with E-state index in [0.29, 0.717) is 0 Å². The van der Waals surface area contributed by atoms with Crippen molar-refractivity contribution in [3.63, 3.8) is 0 Å². The van der Waals surface area contributed by atoms with Crippen LogP contribution in [0.1, 0.15) is 42.6 Å². The second kappa shape index (κ2) is 8.17. The summed E-state index contributed by atoms with van der Waals surface area (Å²) in [6.07, 6.45) is 1.02. The number of hydrogen-bond donors (Lipinski definition) is 1. The first-order valence-electron chi connectivity index (χ1n) is 6.44. The molecule has 1 aliphatic heterocycles. The summed E-state index contributed by atoms with van der Waals surface area (Å²) in [7, 11) is 0. The van der Waals surface area contributed by atoms with Crippen LogP contribution in [0.2, 0.25) is 0 Å². The number of hydrogen-bond acceptors (Lipinski definition) is 4. The van der Waals surface area contributed by atoms with Gasteiger partial charge >= 0.3 is 0 Å². The third kappa shape index (κ3) is 4.58. The van der Waals surface area contributed by atoms with Crippen LogP contribution >= 0.6 is 36.2 Å². The van der Waals surface area contributed by atoms with Gasteiger partial charge in [-0.25, -0.2) is 4.98 Å². The zero-order chi connectivity index (χ0) is 13.2. The second-order valence-corrected chi connectivity index (χ2v) is 6.53. The fourth-order valence-electron chi connectivity index (χ4n) is 2.12. The Morgan fingerprint density at radius 2 is 2.00 bits per heavy atom. The standard InChI is InChI=1S/C13H21N3OS.2ClH/c1-13(2,3)11-10(18-9-15-11)12(17)16-7-4-5-14-6-8-16;;/h9,14H,4-8H2,1-3H3;2*1H. The normalized spacial score (nSPS) is 15.8. The number of carbonyl (C=O) groups excluding carboxylic acids is 1. The predicted molar refractivity (Wildman–Crippen MR) is 88.7 cm³/mol. The predicted octanol–water partition coefficient (Wildman–Crippen LogP) is 2.72. The molecule has 2 heterocycles. The van der Waals surface area contributed by atoms with Crippen molar-refractivity contribution in [2.75, 3.05) is 26.2 Å². The summed E-state index contributed by atoms with van der Waals surface area (Å²) >= 11 is 1.46. The Labute approximate surface area is 137 Å². The topological polar surface area (TPSA) is 45.2 Å². The van der Waals surface area contributed by atoms with Gasteiger partial charge in [-0.1, -0.05) is 20.8 Å². The van der Waals surface area contributed by atoms with Crippen molar-refractivity contribution < 1.29 is 4.79 Å². The summed E-state index contributed by atoms with van der Waals surface area (Å²) in [5.74, 6) is 0.145.